The lowest BCUT2D eigenvalue weighted by molar-refractivity contribution is 0.208. The smallest absolute Gasteiger partial charge is 0.321 e. The molecule has 7 heteroatoms. The summed E-state index contributed by atoms with van der Waals surface area (Å²) in [5.41, 5.74) is 5.87. The third-order valence-electron chi connectivity index (χ3n) is 6.29. The van der Waals surface area contributed by atoms with E-state index in [1.54, 1.807) is 12.1 Å². The van der Waals surface area contributed by atoms with Gasteiger partial charge in [-0.3, -0.25) is 0 Å². The Bertz CT molecular complexity index is 1170. The Morgan fingerprint density at radius 2 is 1.73 bits per heavy atom. The molecule has 1 aromatic heterocycles. The minimum atomic E-state index is -0.247. The van der Waals surface area contributed by atoms with Crippen molar-refractivity contribution in [3.63, 3.8) is 0 Å². The zero-order chi connectivity index (χ0) is 23.5. The number of piperazine rings is 1. The Kier molecular flexibility index (Phi) is 6.58. The number of halogens is 1. The number of carbonyl (C=O) groups is 1. The van der Waals surface area contributed by atoms with Gasteiger partial charge in [0, 0.05) is 49.5 Å². The van der Waals surface area contributed by atoms with E-state index in [0.717, 1.165) is 39.5 Å². The van der Waals surface area contributed by atoms with E-state index in [1.165, 1.54) is 6.07 Å². The molecule has 3 aromatic rings. The number of amides is 2. The van der Waals surface area contributed by atoms with Gasteiger partial charge in [-0.25, -0.2) is 19.2 Å². The van der Waals surface area contributed by atoms with E-state index in [-0.39, 0.29) is 11.8 Å². The second kappa shape index (κ2) is 9.57. The van der Waals surface area contributed by atoms with Gasteiger partial charge in [-0.15, -0.1) is 0 Å². The molecule has 4 rings (SSSR count). The van der Waals surface area contributed by atoms with Crippen LogP contribution in [0.4, 0.5) is 20.7 Å². The summed E-state index contributed by atoms with van der Waals surface area (Å²) in [5, 5.41) is 3.05. The third-order valence-corrected chi connectivity index (χ3v) is 6.29. The molecule has 1 fully saturated rings. The molecule has 172 valence electrons. The zero-order valence-corrected chi connectivity index (χ0v) is 19.7. The fraction of sp³-hybridized carbons (Fsp3) is 0.346. The van der Waals surface area contributed by atoms with E-state index in [2.05, 4.69) is 15.2 Å². The Morgan fingerprint density at radius 1 is 1.00 bits per heavy atom. The van der Waals surface area contributed by atoms with Gasteiger partial charge in [0.15, 0.2) is 0 Å². The fourth-order valence-corrected chi connectivity index (χ4v) is 4.24. The lowest BCUT2D eigenvalue weighted by Crippen LogP contribution is -2.50. The van der Waals surface area contributed by atoms with Crippen molar-refractivity contribution in [3.05, 3.63) is 82.1 Å². The molecule has 0 atom stereocenters. The van der Waals surface area contributed by atoms with Crippen LogP contribution in [0.2, 0.25) is 0 Å². The highest BCUT2D eigenvalue weighted by molar-refractivity contribution is 5.90. The summed E-state index contributed by atoms with van der Waals surface area (Å²) in [5.74, 6) is 1.34. The summed E-state index contributed by atoms with van der Waals surface area (Å²) >= 11 is 0. The molecule has 33 heavy (non-hydrogen) atoms. The average molecular weight is 448 g/mol. The molecule has 2 aromatic carbocycles. The Hall–Kier alpha value is -3.48. The lowest BCUT2D eigenvalue weighted by Gasteiger charge is -2.36. The van der Waals surface area contributed by atoms with Crippen molar-refractivity contribution in [2.24, 2.45) is 0 Å². The number of hydrogen-bond donors (Lipinski definition) is 1. The van der Waals surface area contributed by atoms with Crippen LogP contribution in [0.15, 0.2) is 42.5 Å². The first-order valence-electron chi connectivity index (χ1n) is 11.3. The van der Waals surface area contributed by atoms with Crippen molar-refractivity contribution >= 4 is 17.5 Å². The number of rotatable bonds is 4. The highest BCUT2D eigenvalue weighted by Gasteiger charge is 2.25. The highest BCUT2D eigenvalue weighted by atomic mass is 19.1. The standard InChI is InChI=1S/C26H30FN5O/c1-17-7-5-10-24(18(17)2)30-26(33)32-13-11-31(12-14-32)25-23(19(3)28-20(4)29-25)16-21-8-6-9-22(27)15-21/h5-10,15H,11-14,16H2,1-4H3,(H,30,33). The lowest BCUT2D eigenvalue weighted by atomic mass is 10.0. The van der Waals surface area contributed by atoms with Crippen molar-refractivity contribution in [2.75, 3.05) is 36.4 Å². The zero-order valence-electron chi connectivity index (χ0n) is 19.7. The van der Waals surface area contributed by atoms with Crippen molar-refractivity contribution in [3.8, 4) is 0 Å². The maximum Gasteiger partial charge on any atom is 0.321 e. The molecule has 6 nitrogen and oxygen atoms in total. The molecule has 0 aliphatic carbocycles. The number of aryl methyl sites for hydroxylation is 3. The Morgan fingerprint density at radius 3 is 2.45 bits per heavy atom. The number of anilines is 2. The Balaban J connectivity index is 1.48. The highest BCUT2D eigenvalue weighted by Crippen LogP contribution is 2.26. The average Bonchev–Trinajstić information content (AvgIpc) is 2.79. The van der Waals surface area contributed by atoms with Crippen LogP contribution in [0, 0.1) is 33.5 Å². The number of benzene rings is 2. The van der Waals surface area contributed by atoms with Crippen LogP contribution in [0.5, 0.6) is 0 Å². The van der Waals surface area contributed by atoms with E-state index in [4.69, 9.17) is 4.98 Å². The number of urea groups is 1. The third kappa shape index (κ3) is 5.13. The van der Waals surface area contributed by atoms with Crippen LogP contribution >= 0.6 is 0 Å². The second-order valence-corrected chi connectivity index (χ2v) is 8.62. The maximum atomic E-state index is 13.7. The number of nitrogens with one attached hydrogen (secondary N) is 1. The molecule has 1 aliphatic heterocycles. The molecule has 0 bridgehead atoms. The van der Waals surface area contributed by atoms with Crippen molar-refractivity contribution in [1.29, 1.82) is 0 Å². The van der Waals surface area contributed by atoms with Gasteiger partial charge in [-0.05, 0) is 62.6 Å². The fourth-order valence-electron chi connectivity index (χ4n) is 4.24. The normalized spacial score (nSPS) is 13.8. The van der Waals surface area contributed by atoms with Gasteiger partial charge < -0.3 is 15.1 Å². The predicted octanol–water partition coefficient (Wildman–Crippen LogP) is 4.79. The molecule has 0 spiro atoms. The Labute approximate surface area is 194 Å². The summed E-state index contributed by atoms with van der Waals surface area (Å²) in [6.07, 6.45) is 0.562. The summed E-state index contributed by atoms with van der Waals surface area (Å²) in [7, 11) is 0. The molecule has 0 saturated carbocycles. The molecule has 0 unspecified atom stereocenters. The molecule has 0 radical (unpaired) electrons. The summed E-state index contributed by atoms with van der Waals surface area (Å²) in [6.45, 7) is 10.5. The molecular weight excluding hydrogens is 417 g/mol. The summed E-state index contributed by atoms with van der Waals surface area (Å²) < 4.78 is 13.7. The van der Waals surface area contributed by atoms with Gasteiger partial charge in [0.05, 0.1) is 0 Å². The van der Waals surface area contributed by atoms with Crippen LogP contribution < -0.4 is 10.2 Å². The van der Waals surface area contributed by atoms with Crippen molar-refractivity contribution in [2.45, 2.75) is 34.1 Å². The van der Waals surface area contributed by atoms with Gasteiger partial charge >= 0.3 is 6.03 Å². The molecule has 2 heterocycles. The second-order valence-electron chi connectivity index (χ2n) is 8.62. The van der Waals surface area contributed by atoms with E-state index < -0.39 is 0 Å². The number of carbonyl (C=O) groups excluding carboxylic acids is 1. The maximum absolute atomic E-state index is 13.7. The van der Waals surface area contributed by atoms with Crippen LogP contribution in [-0.2, 0) is 6.42 Å². The first-order valence-corrected chi connectivity index (χ1v) is 11.3. The number of aromatic nitrogens is 2. The monoisotopic (exact) mass is 447 g/mol. The van der Waals surface area contributed by atoms with Crippen LogP contribution in [0.3, 0.4) is 0 Å². The van der Waals surface area contributed by atoms with Gasteiger partial charge in [0.2, 0.25) is 0 Å². The topological polar surface area (TPSA) is 61.4 Å². The molecule has 1 N–H and O–H groups in total. The van der Waals surface area contributed by atoms with Crippen molar-refractivity contribution in [1.82, 2.24) is 14.9 Å². The van der Waals surface area contributed by atoms with Crippen LogP contribution in [0.1, 0.15) is 33.8 Å². The molecule has 1 saturated heterocycles. The number of nitrogens with zero attached hydrogens (tertiary/aromatic N) is 4. The molecule has 1 aliphatic rings. The number of hydrogen-bond acceptors (Lipinski definition) is 4. The van der Waals surface area contributed by atoms with Gasteiger partial charge in [0.1, 0.15) is 17.5 Å². The molecular formula is C26H30FN5O. The SMILES string of the molecule is Cc1nc(C)c(Cc2cccc(F)c2)c(N2CCN(C(=O)Nc3cccc(C)c3C)CC2)n1. The van der Waals surface area contributed by atoms with E-state index in [0.29, 0.717) is 38.4 Å². The van der Waals surface area contributed by atoms with Gasteiger partial charge in [-0.1, -0.05) is 24.3 Å². The summed E-state index contributed by atoms with van der Waals surface area (Å²) in [6, 6.07) is 12.5. The quantitative estimate of drug-likeness (QED) is 0.624. The first kappa shape index (κ1) is 22.7. The van der Waals surface area contributed by atoms with E-state index >= 15 is 0 Å². The minimum absolute atomic E-state index is 0.0848. The van der Waals surface area contributed by atoms with E-state index in [1.807, 2.05) is 56.9 Å². The first-order chi connectivity index (χ1) is 15.8. The van der Waals surface area contributed by atoms with Crippen LogP contribution in [0.25, 0.3) is 0 Å². The van der Waals surface area contributed by atoms with Crippen LogP contribution in [-0.4, -0.2) is 47.1 Å². The van der Waals surface area contributed by atoms with Gasteiger partial charge in [0.25, 0.3) is 0 Å². The minimum Gasteiger partial charge on any atom is -0.353 e. The summed E-state index contributed by atoms with van der Waals surface area (Å²) in [4.78, 5) is 26.2. The van der Waals surface area contributed by atoms with E-state index in [9.17, 15) is 9.18 Å². The predicted molar refractivity (Wildman–Crippen MR) is 129 cm³/mol. The van der Waals surface area contributed by atoms with Gasteiger partial charge in [-0.2, -0.15) is 0 Å². The largest absolute Gasteiger partial charge is 0.353 e. The van der Waals surface area contributed by atoms with Crippen molar-refractivity contribution < 1.29 is 9.18 Å². The molecule has 2 amide bonds.